The zero-order chi connectivity index (χ0) is 17.0. The van der Waals surface area contributed by atoms with Crippen LogP contribution in [0.5, 0.6) is 0 Å². The van der Waals surface area contributed by atoms with E-state index in [9.17, 15) is 22.8 Å². The summed E-state index contributed by atoms with van der Waals surface area (Å²) in [5, 5.41) is 8.98. The van der Waals surface area contributed by atoms with Crippen molar-refractivity contribution in [2.24, 2.45) is 0 Å². The summed E-state index contributed by atoms with van der Waals surface area (Å²) in [5.74, 6) is -2.40. The number of hydroxylamine groups is 2. The second kappa shape index (κ2) is 6.55. The molecule has 0 spiro atoms. The second-order valence-electron chi connectivity index (χ2n) is 4.51. The highest BCUT2D eigenvalue weighted by Gasteiger charge is 2.33. The molecular formula is C13H11N3O6S. The predicted molar refractivity (Wildman–Crippen MR) is 73.5 cm³/mol. The minimum absolute atomic E-state index is 0.0525. The topological polar surface area (TPSA) is 134 Å². The number of carbonyl (C=O) groups excluding carboxylic acids is 3. The minimum Gasteiger partial charge on any atom is -0.329 e. The van der Waals surface area contributed by atoms with E-state index in [1.165, 1.54) is 24.3 Å². The summed E-state index contributed by atoms with van der Waals surface area (Å²) >= 11 is 0. The summed E-state index contributed by atoms with van der Waals surface area (Å²) in [4.78, 5) is 38.5. The van der Waals surface area contributed by atoms with E-state index in [1.807, 2.05) is 10.8 Å². The van der Waals surface area contributed by atoms with E-state index in [4.69, 9.17) is 5.26 Å². The van der Waals surface area contributed by atoms with Crippen LogP contribution in [0.25, 0.3) is 0 Å². The lowest BCUT2D eigenvalue weighted by Crippen LogP contribution is -2.37. The van der Waals surface area contributed by atoms with Crippen LogP contribution in [0.2, 0.25) is 0 Å². The van der Waals surface area contributed by atoms with Crippen molar-refractivity contribution in [1.29, 1.82) is 5.26 Å². The number of carbonyl (C=O) groups is 3. The molecule has 0 bridgehead atoms. The summed E-state index contributed by atoms with van der Waals surface area (Å²) in [6, 6.07) is 6.89. The highest BCUT2D eigenvalue weighted by molar-refractivity contribution is 7.89. The number of hydrogen-bond acceptors (Lipinski definition) is 7. The zero-order valence-corrected chi connectivity index (χ0v) is 12.5. The van der Waals surface area contributed by atoms with E-state index in [1.54, 1.807) is 0 Å². The molecule has 1 fully saturated rings. The molecule has 1 heterocycles. The summed E-state index contributed by atoms with van der Waals surface area (Å²) in [6.45, 7) is -0.751. The van der Waals surface area contributed by atoms with Gasteiger partial charge in [0, 0.05) is 12.8 Å². The highest BCUT2D eigenvalue weighted by Crippen LogP contribution is 2.12. The van der Waals surface area contributed by atoms with Crippen molar-refractivity contribution in [3.05, 3.63) is 29.8 Å². The quantitative estimate of drug-likeness (QED) is 0.712. The van der Waals surface area contributed by atoms with Gasteiger partial charge in [0.25, 0.3) is 11.8 Å². The van der Waals surface area contributed by atoms with Gasteiger partial charge in [0.05, 0.1) is 16.5 Å². The van der Waals surface area contributed by atoms with Crippen LogP contribution in [-0.4, -0.2) is 37.8 Å². The molecule has 1 aromatic rings. The van der Waals surface area contributed by atoms with Crippen LogP contribution in [0.4, 0.5) is 0 Å². The van der Waals surface area contributed by atoms with Crippen LogP contribution in [0.1, 0.15) is 18.4 Å². The third-order valence-electron chi connectivity index (χ3n) is 2.90. The number of nitrogens with zero attached hydrogens (tertiary/aromatic N) is 2. The van der Waals surface area contributed by atoms with Gasteiger partial charge in [-0.3, -0.25) is 9.59 Å². The molecule has 1 aliphatic heterocycles. The first-order valence-corrected chi connectivity index (χ1v) is 7.88. The zero-order valence-electron chi connectivity index (χ0n) is 11.7. The molecular weight excluding hydrogens is 326 g/mol. The van der Waals surface area contributed by atoms with Gasteiger partial charge < -0.3 is 4.84 Å². The number of nitriles is 1. The highest BCUT2D eigenvalue weighted by atomic mass is 32.2. The maximum absolute atomic E-state index is 12.0. The van der Waals surface area contributed by atoms with Gasteiger partial charge in [-0.25, -0.2) is 13.2 Å². The molecule has 120 valence electrons. The summed E-state index contributed by atoms with van der Waals surface area (Å²) in [5.41, 5.74) is 0.286. The molecule has 9 nitrogen and oxygen atoms in total. The molecule has 0 atom stereocenters. The van der Waals surface area contributed by atoms with Crippen molar-refractivity contribution in [2.45, 2.75) is 17.7 Å². The fraction of sp³-hybridized carbons (Fsp3) is 0.231. The van der Waals surface area contributed by atoms with E-state index in [0.717, 1.165) is 0 Å². The lowest BCUT2D eigenvalue weighted by molar-refractivity contribution is -0.196. The molecule has 0 saturated carbocycles. The lowest BCUT2D eigenvalue weighted by atomic mass is 10.2. The molecule has 2 rings (SSSR count). The molecule has 0 radical (unpaired) electrons. The molecule has 1 N–H and O–H groups in total. The molecule has 1 aliphatic rings. The average Bonchev–Trinajstić information content (AvgIpc) is 2.85. The molecule has 1 aromatic carbocycles. The van der Waals surface area contributed by atoms with Crippen LogP contribution in [0.3, 0.4) is 0 Å². The maximum atomic E-state index is 12.0. The Hall–Kier alpha value is -2.77. The molecule has 10 heteroatoms. The Morgan fingerprint density at radius 3 is 2.30 bits per heavy atom. The van der Waals surface area contributed by atoms with Crippen molar-refractivity contribution < 1.29 is 27.6 Å². The first kappa shape index (κ1) is 16.6. The van der Waals surface area contributed by atoms with Gasteiger partial charge in [-0.1, -0.05) is 0 Å². The molecule has 2 amide bonds. The van der Waals surface area contributed by atoms with Crippen LogP contribution in [0.15, 0.2) is 29.2 Å². The van der Waals surface area contributed by atoms with Crippen molar-refractivity contribution in [3.63, 3.8) is 0 Å². The normalized spacial score (nSPS) is 14.7. The van der Waals surface area contributed by atoms with Gasteiger partial charge in [-0.2, -0.15) is 9.98 Å². The Morgan fingerprint density at radius 2 is 1.78 bits per heavy atom. The summed E-state index contributed by atoms with van der Waals surface area (Å²) < 4.78 is 25.9. The summed E-state index contributed by atoms with van der Waals surface area (Å²) in [6.07, 6.45) is -0.105. The number of rotatable bonds is 5. The van der Waals surface area contributed by atoms with Crippen LogP contribution in [-0.2, 0) is 29.2 Å². The third-order valence-corrected chi connectivity index (χ3v) is 4.32. The van der Waals surface area contributed by atoms with Crippen molar-refractivity contribution in [1.82, 2.24) is 9.79 Å². The Bertz CT molecular complexity index is 778. The van der Waals surface area contributed by atoms with Crippen molar-refractivity contribution >= 4 is 27.8 Å². The van der Waals surface area contributed by atoms with Gasteiger partial charge in [0.1, 0.15) is 6.54 Å². The number of nitrogens with one attached hydrogen (secondary N) is 1. The number of hydrogen-bond donors (Lipinski definition) is 1. The minimum atomic E-state index is -3.99. The number of sulfonamides is 1. The van der Waals surface area contributed by atoms with Gasteiger partial charge in [-0.05, 0) is 24.3 Å². The Balaban J connectivity index is 1.96. The second-order valence-corrected chi connectivity index (χ2v) is 6.27. The van der Waals surface area contributed by atoms with Crippen LogP contribution < -0.4 is 4.72 Å². The molecule has 23 heavy (non-hydrogen) atoms. The van der Waals surface area contributed by atoms with Gasteiger partial charge in [0.15, 0.2) is 0 Å². The van der Waals surface area contributed by atoms with E-state index >= 15 is 0 Å². The van der Waals surface area contributed by atoms with Gasteiger partial charge >= 0.3 is 5.97 Å². The molecule has 1 saturated heterocycles. The van der Waals surface area contributed by atoms with Crippen molar-refractivity contribution in [2.75, 3.05) is 6.54 Å². The van der Waals surface area contributed by atoms with E-state index < -0.39 is 34.4 Å². The first-order valence-electron chi connectivity index (χ1n) is 6.40. The van der Waals surface area contributed by atoms with Crippen LogP contribution in [0, 0.1) is 11.3 Å². The Morgan fingerprint density at radius 1 is 1.22 bits per heavy atom. The average molecular weight is 337 g/mol. The standard InChI is InChI=1S/C13H11N3O6S/c14-7-9-1-3-10(4-2-9)23(20,21)15-8-13(19)22-16-11(17)5-6-12(16)18/h1-4,15H,5-6,8H2. The van der Waals surface area contributed by atoms with E-state index in [0.29, 0.717) is 5.06 Å². The molecule has 0 aromatic heterocycles. The summed E-state index contributed by atoms with van der Waals surface area (Å²) in [7, 11) is -3.99. The van der Waals surface area contributed by atoms with E-state index in [-0.39, 0.29) is 23.3 Å². The maximum Gasteiger partial charge on any atom is 0.347 e. The Labute approximate surface area is 131 Å². The molecule has 0 aliphatic carbocycles. The third kappa shape index (κ3) is 3.91. The Kier molecular flexibility index (Phi) is 4.73. The van der Waals surface area contributed by atoms with Gasteiger partial charge in [0.2, 0.25) is 10.0 Å². The predicted octanol–water partition coefficient (Wildman–Crippen LogP) is -0.556. The monoisotopic (exact) mass is 337 g/mol. The molecule has 0 unspecified atom stereocenters. The lowest BCUT2D eigenvalue weighted by Gasteiger charge is -2.13. The number of benzene rings is 1. The fourth-order valence-corrected chi connectivity index (χ4v) is 2.71. The SMILES string of the molecule is N#Cc1ccc(S(=O)(=O)NCC(=O)ON2C(=O)CCC2=O)cc1. The number of imide groups is 1. The van der Waals surface area contributed by atoms with Gasteiger partial charge in [-0.15, -0.1) is 5.06 Å². The smallest absolute Gasteiger partial charge is 0.329 e. The first-order chi connectivity index (χ1) is 10.8. The van der Waals surface area contributed by atoms with Crippen LogP contribution >= 0.6 is 0 Å². The van der Waals surface area contributed by atoms with Crippen molar-refractivity contribution in [3.8, 4) is 6.07 Å². The largest absolute Gasteiger partial charge is 0.347 e. The number of amides is 2. The van der Waals surface area contributed by atoms with E-state index in [2.05, 4.69) is 4.84 Å². The fourth-order valence-electron chi connectivity index (χ4n) is 1.74.